The molecule has 0 nitrogen and oxygen atoms in total. The van der Waals surface area contributed by atoms with E-state index in [-0.39, 0.29) is 37.2 Å². The molecule has 0 aliphatic carbocycles. The van der Waals surface area contributed by atoms with Crippen LogP contribution in [0.5, 0.6) is 0 Å². The molecule has 0 aliphatic rings. The van der Waals surface area contributed by atoms with Crippen molar-refractivity contribution in [2.45, 2.75) is 11.6 Å². The van der Waals surface area contributed by atoms with E-state index in [0.29, 0.717) is 0 Å². The van der Waals surface area contributed by atoms with Gasteiger partial charge >= 0.3 is 0 Å². The van der Waals surface area contributed by atoms with Gasteiger partial charge in [0.25, 0.3) is 0 Å². The first-order chi connectivity index (χ1) is 2.00. The molecule has 0 aromatic heterocycles. The zero-order valence-corrected chi connectivity index (χ0v) is 11.7. The second-order valence-electron chi connectivity index (χ2n) is 0. The second kappa shape index (κ2) is 102. The molecule has 0 aromatic carbocycles. The van der Waals surface area contributed by atoms with Crippen molar-refractivity contribution < 1.29 is 0 Å². The Balaban J connectivity index is -0.00000000267. The fourth-order valence-electron chi connectivity index (χ4n) is 0. The fraction of sp³-hybridized carbons (Fsp3) is 1.00. The van der Waals surface area contributed by atoms with E-state index in [0.717, 1.165) is 0 Å². The van der Waals surface area contributed by atoms with Gasteiger partial charge < -0.3 is 0 Å². The molecular weight excluding hydrogens is 184 g/mol. The molecule has 0 bridgehead atoms. The number of hydrogen-bond acceptors (Lipinski definition) is 0. The monoisotopic (exact) mass is 196 g/mol. The number of hydrogen-bond donors (Lipinski definition) is 0. The molecule has 48 valence electrons. The number of rotatable bonds is 0. The molecule has 0 rings (SSSR count). The van der Waals surface area contributed by atoms with E-state index in [4.69, 9.17) is 0 Å². The molecule has 0 aromatic rings. The molecule has 0 atom stereocenters. The highest BCUT2D eigenvalue weighted by Gasteiger charge is 1.06. The van der Waals surface area contributed by atoms with Gasteiger partial charge in [0.15, 0.2) is 0 Å². The molecule has 0 radical (unpaired) electrons. The summed E-state index contributed by atoms with van der Waals surface area (Å²) in [5.41, 5.74) is 0. The minimum atomic E-state index is 0. The predicted molar refractivity (Wildman–Crippen MR) is 50.6 cm³/mol. The Kier molecular flexibility index (Phi) is 529. The highest BCUT2D eigenvalue weighted by molar-refractivity contribution is 6.05. The summed E-state index contributed by atoms with van der Waals surface area (Å²) < 4.78 is 0. The van der Waals surface area contributed by atoms with E-state index in [1.807, 2.05) is 0 Å². The minimum Gasteiger partial charge on any atom is -0.147 e. The van der Waals surface area contributed by atoms with Crippen LogP contribution in [0, 0.1) is 0 Å². The van der Waals surface area contributed by atoms with E-state index in [9.17, 15) is 0 Å². The van der Waals surface area contributed by atoms with E-state index in [1.54, 1.807) is 0 Å². The molecule has 5 heteroatoms. The van der Waals surface area contributed by atoms with Crippen LogP contribution in [0.1, 0.15) is 0 Å². The molecule has 0 fully saturated rings. The zero-order valence-electron chi connectivity index (χ0n) is 5.22. The third-order valence-corrected chi connectivity index (χ3v) is 0. The summed E-state index contributed by atoms with van der Waals surface area (Å²) in [5, 5.41) is 0. The van der Waals surface area contributed by atoms with Crippen LogP contribution in [0.2, 0.25) is 11.6 Å². The predicted octanol–water partition coefficient (Wildman–Crippen LogP) is 0.601. The maximum Gasteiger partial charge on any atom is 0.207 e. The highest BCUT2D eigenvalue weighted by Crippen LogP contribution is 0.962. The summed E-state index contributed by atoms with van der Waals surface area (Å²) in [6.45, 7) is 0. The van der Waals surface area contributed by atoms with E-state index >= 15 is 0 Å². The summed E-state index contributed by atoms with van der Waals surface area (Å²) in [4.78, 5) is 0. The molecule has 0 aliphatic heterocycles. The minimum absolute atomic E-state index is 0. The number of halogens is 3. The van der Waals surface area contributed by atoms with Crippen LogP contribution in [0.3, 0.4) is 0 Å². The first kappa shape index (κ1) is 36.3. The van der Waals surface area contributed by atoms with Crippen LogP contribution in [0.4, 0.5) is 0 Å². The second-order valence-corrected chi connectivity index (χ2v) is 0. The zero-order chi connectivity index (χ0) is 4.00. The summed E-state index contributed by atoms with van der Waals surface area (Å²) in [6.07, 6.45) is 0. The van der Waals surface area contributed by atoms with Crippen molar-refractivity contribution in [3.8, 4) is 0 Å². The van der Waals surface area contributed by atoms with E-state index in [2.05, 4.69) is 11.6 Å². The normalized spacial score (nSPS) is 1.43. The van der Waals surface area contributed by atoms with Gasteiger partial charge in [-0.2, -0.15) is 0 Å². The maximum absolute atomic E-state index is 2.14. The van der Waals surface area contributed by atoms with Gasteiger partial charge in [0.2, 0.25) is 32.6 Å². The molecule has 0 N–H and O–H groups in total. The lowest BCUT2D eigenvalue weighted by Gasteiger charge is -0.965. The van der Waals surface area contributed by atoms with Crippen molar-refractivity contribution in [2.24, 2.45) is 0 Å². The lowest BCUT2D eigenvalue weighted by atomic mass is 11.9. The van der Waals surface area contributed by atoms with Gasteiger partial charge in [-0.05, 0) is 0 Å². The van der Waals surface area contributed by atoms with Crippen LogP contribution in [0.25, 0.3) is 0 Å². The smallest absolute Gasteiger partial charge is 0.147 e. The van der Waals surface area contributed by atoms with Crippen molar-refractivity contribution in [2.75, 3.05) is 0 Å². The first-order valence-electron chi connectivity index (χ1n) is 2.00. The van der Waals surface area contributed by atoms with Gasteiger partial charge in [-0.25, -0.2) is 0 Å². The van der Waals surface area contributed by atoms with Crippen LogP contribution in [-0.4, -0.2) is 32.6 Å². The molecule has 0 amide bonds. The first-order valence-corrected chi connectivity index (χ1v) is 6.00. The Hall–Kier alpha value is 1.93. The quantitative estimate of drug-likeness (QED) is 0.499. The van der Waals surface area contributed by atoms with Crippen LogP contribution in [-0.2, 0) is 0 Å². The van der Waals surface area contributed by atoms with Gasteiger partial charge in [-0.1, -0.05) is 0 Å². The summed E-state index contributed by atoms with van der Waals surface area (Å²) >= 11 is 2.61. The third kappa shape index (κ3) is 74.7. The van der Waals surface area contributed by atoms with Crippen molar-refractivity contribution in [3.05, 3.63) is 0 Å². The molecular formula is C2H13Al2Cl3. The standard InChI is InChI=1S/2CH3.2Al.3ClH.4H/h2*1H3;;;3*1H;;;;. The van der Waals surface area contributed by atoms with Crippen molar-refractivity contribution in [1.82, 2.24) is 0 Å². The summed E-state index contributed by atoms with van der Waals surface area (Å²) in [5.74, 6) is 4.28. The average Bonchev–Trinajstić information content (AvgIpc) is 1.50. The van der Waals surface area contributed by atoms with Gasteiger partial charge in [-0.3, -0.25) is 0 Å². The fourth-order valence-corrected chi connectivity index (χ4v) is 0. The Morgan fingerprint density at radius 2 is 0.571 bits per heavy atom. The van der Waals surface area contributed by atoms with Gasteiger partial charge in [0, 0.05) is 0 Å². The van der Waals surface area contributed by atoms with Crippen molar-refractivity contribution in [1.29, 1.82) is 0 Å². The van der Waals surface area contributed by atoms with E-state index in [1.165, 1.54) is 32.6 Å². The molecule has 7 heavy (non-hydrogen) atoms. The Morgan fingerprint density at radius 3 is 0.571 bits per heavy atom. The van der Waals surface area contributed by atoms with Crippen molar-refractivity contribution >= 4 is 69.8 Å². The lowest BCUT2D eigenvalue weighted by molar-refractivity contribution is 2.39. The molecule has 0 saturated heterocycles. The van der Waals surface area contributed by atoms with Crippen LogP contribution in [0.15, 0.2) is 0 Å². The van der Waals surface area contributed by atoms with Gasteiger partial charge in [0.05, 0.1) is 0 Å². The summed E-state index contributed by atoms with van der Waals surface area (Å²) in [7, 11) is 0. The Bertz CT molecular complexity index is 10.9. The molecule has 0 saturated carbocycles. The van der Waals surface area contributed by atoms with Crippen molar-refractivity contribution in [3.63, 3.8) is 0 Å². The molecule has 0 unspecified atom stereocenters. The lowest BCUT2D eigenvalue weighted by Crippen LogP contribution is -1.13. The Labute approximate surface area is 80.9 Å². The van der Waals surface area contributed by atoms with Gasteiger partial charge in [0.1, 0.15) is 0 Å². The Morgan fingerprint density at radius 1 is 0.571 bits per heavy atom. The largest absolute Gasteiger partial charge is 0.207 e. The maximum atomic E-state index is 2.14. The highest BCUT2D eigenvalue weighted by atomic mass is 35.5. The molecule has 0 spiro atoms. The van der Waals surface area contributed by atoms with Crippen LogP contribution >= 0.6 is 37.2 Å². The molecule has 0 heterocycles. The van der Waals surface area contributed by atoms with Crippen LogP contribution < -0.4 is 0 Å². The van der Waals surface area contributed by atoms with E-state index < -0.39 is 0 Å². The summed E-state index contributed by atoms with van der Waals surface area (Å²) in [6, 6.07) is 0. The SMILES string of the molecule is Cl.Cl.Cl.[CH3][AlH2].[CH3][AlH2]. The van der Waals surface area contributed by atoms with Gasteiger partial charge in [-0.15, -0.1) is 48.8 Å². The average molecular weight is 197 g/mol. The topological polar surface area (TPSA) is 0 Å². The third-order valence-electron chi connectivity index (χ3n) is 0.